The van der Waals surface area contributed by atoms with Gasteiger partial charge in [0.1, 0.15) is 17.4 Å². The van der Waals surface area contributed by atoms with Crippen molar-refractivity contribution in [1.82, 2.24) is 0 Å². The molecule has 0 bridgehead atoms. The van der Waals surface area contributed by atoms with Gasteiger partial charge in [-0.2, -0.15) is 5.26 Å². The van der Waals surface area contributed by atoms with Gasteiger partial charge in [0.2, 0.25) is 5.88 Å². The molecule has 0 aromatic heterocycles. The van der Waals surface area contributed by atoms with E-state index in [0.717, 1.165) is 0 Å². The highest BCUT2D eigenvalue weighted by Gasteiger charge is 2.43. The summed E-state index contributed by atoms with van der Waals surface area (Å²) < 4.78 is 16.9. The number of Topliss-reactive ketones (excluding diaryl/α,β-unsaturated/α-hetero) is 1. The molecule has 0 radical (unpaired) electrons. The van der Waals surface area contributed by atoms with Crippen molar-refractivity contribution in [3.05, 3.63) is 76.9 Å². The van der Waals surface area contributed by atoms with Crippen LogP contribution in [0.3, 0.4) is 0 Å². The second-order valence-corrected chi connectivity index (χ2v) is 9.32. The molecule has 8 heteroatoms. The van der Waals surface area contributed by atoms with Crippen LogP contribution in [0.2, 0.25) is 0 Å². The number of anilines is 1. The molecular weight excluding hydrogens is 446 g/mol. The van der Waals surface area contributed by atoms with Crippen LogP contribution in [0.1, 0.15) is 38.2 Å². The summed E-state index contributed by atoms with van der Waals surface area (Å²) in [6, 6.07) is 16.3. The van der Waals surface area contributed by atoms with Crippen LogP contribution in [-0.4, -0.2) is 25.4 Å². The van der Waals surface area contributed by atoms with Crippen LogP contribution >= 0.6 is 0 Å². The Morgan fingerprint density at radius 3 is 2.63 bits per heavy atom. The van der Waals surface area contributed by atoms with E-state index < -0.39 is 5.92 Å². The van der Waals surface area contributed by atoms with Gasteiger partial charge in [-0.15, -0.1) is 0 Å². The Balaban J connectivity index is 1.61. The highest BCUT2D eigenvalue weighted by molar-refractivity contribution is 6.00. The fourth-order valence-corrected chi connectivity index (χ4v) is 4.46. The molecule has 2 aliphatic rings. The number of allylic oxidation sites excluding steroid dienone is 3. The number of carbonyl (C=O) groups is 2. The van der Waals surface area contributed by atoms with Gasteiger partial charge in [-0.05, 0) is 35.2 Å². The van der Waals surface area contributed by atoms with Crippen molar-refractivity contribution in [2.45, 2.75) is 32.6 Å². The molecule has 1 unspecified atom stereocenters. The molecule has 35 heavy (non-hydrogen) atoms. The van der Waals surface area contributed by atoms with Crippen molar-refractivity contribution >= 4 is 17.4 Å². The molecule has 2 aromatic carbocycles. The normalized spacial score (nSPS) is 18.8. The number of ketones is 1. The maximum absolute atomic E-state index is 13.1. The SMILES string of the molecule is COc1cc(C2C(C#N)=C(N)OC3=C2C(=O)CC(C)(C)C3)ccc1OCC(=O)Nc1ccccc1. The first-order valence-corrected chi connectivity index (χ1v) is 11.2. The zero-order valence-electron chi connectivity index (χ0n) is 19.9. The maximum atomic E-state index is 13.1. The predicted octanol–water partition coefficient (Wildman–Crippen LogP) is 4.16. The lowest BCUT2D eigenvalue weighted by Crippen LogP contribution is -2.33. The van der Waals surface area contributed by atoms with Crippen LogP contribution in [0, 0.1) is 16.7 Å². The smallest absolute Gasteiger partial charge is 0.262 e. The number of nitrogens with two attached hydrogens (primary N) is 1. The van der Waals surface area contributed by atoms with Gasteiger partial charge >= 0.3 is 0 Å². The summed E-state index contributed by atoms with van der Waals surface area (Å²) in [5, 5.41) is 12.6. The fourth-order valence-electron chi connectivity index (χ4n) is 4.46. The van der Waals surface area contributed by atoms with Crippen molar-refractivity contribution in [3.63, 3.8) is 0 Å². The Labute approximate surface area is 204 Å². The van der Waals surface area contributed by atoms with Crippen LogP contribution in [0.5, 0.6) is 11.5 Å². The number of nitrogens with zero attached hydrogens (tertiary/aromatic N) is 1. The fraction of sp³-hybridized carbons (Fsp3) is 0.296. The molecule has 1 atom stereocenters. The van der Waals surface area contributed by atoms with Gasteiger partial charge in [0.05, 0.1) is 13.0 Å². The lowest BCUT2D eigenvalue weighted by atomic mass is 9.70. The third-order valence-corrected chi connectivity index (χ3v) is 6.01. The van der Waals surface area contributed by atoms with Gasteiger partial charge in [0.25, 0.3) is 5.91 Å². The van der Waals surface area contributed by atoms with Crippen molar-refractivity contribution in [3.8, 4) is 17.6 Å². The molecule has 0 spiro atoms. The molecule has 8 nitrogen and oxygen atoms in total. The van der Waals surface area contributed by atoms with E-state index in [-0.39, 0.29) is 35.2 Å². The van der Waals surface area contributed by atoms with E-state index >= 15 is 0 Å². The van der Waals surface area contributed by atoms with Crippen molar-refractivity contribution in [1.29, 1.82) is 5.26 Å². The predicted molar refractivity (Wildman–Crippen MR) is 129 cm³/mol. The molecule has 1 aliphatic carbocycles. The Bertz CT molecular complexity index is 1270. The second-order valence-electron chi connectivity index (χ2n) is 9.32. The van der Waals surface area contributed by atoms with Crippen LogP contribution < -0.4 is 20.5 Å². The van der Waals surface area contributed by atoms with Crippen LogP contribution in [0.25, 0.3) is 0 Å². The number of hydrogen-bond acceptors (Lipinski definition) is 7. The van der Waals surface area contributed by atoms with Gasteiger partial charge in [0.15, 0.2) is 23.9 Å². The molecule has 2 aromatic rings. The number of ether oxygens (including phenoxy) is 3. The largest absolute Gasteiger partial charge is 0.493 e. The minimum absolute atomic E-state index is 0.00127. The van der Waals surface area contributed by atoms with Gasteiger partial charge in [-0.3, -0.25) is 9.59 Å². The van der Waals surface area contributed by atoms with E-state index in [9.17, 15) is 14.9 Å². The minimum Gasteiger partial charge on any atom is -0.493 e. The number of benzene rings is 2. The third-order valence-electron chi connectivity index (χ3n) is 6.01. The van der Waals surface area contributed by atoms with Crippen LogP contribution in [-0.2, 0) is 14.3 Å². The summed E-state index contributed by atoms with van der Waals surface area (Å²) in [5.74, 6) is 0.160. The van der Waals surface area contributed by atoms with E-state index in [0.29, 0.717) is 46.9 Å². The van der Waals surface area contributed by atoms with E-state index in [1.165, 1.54) is 7.11 Å². The number of hydrogen-bond donors (Lipinski definition) is 2. The average molecular weight is 474 g/mol. The lowest BCUT2D eigenvalue weighted by molar-refractivity contribution is -0.119. The van der Waals surface area contributed by atoms with Gasteiger partial charge in [-0.25, -0.2) is 0 Å². The Hall–Kier alpha value is -4.25. The number of methoxy groups -OCH3 is 1. The monoisotopic (exact) mass is 473 g/mol. The molecule has 4 rings (SSSR count). The number of nitrogens with one attached hydrogen (secondary N) is 1. The number of para-hydroxylation sites is 1. The number of carbonyl (C=O) groups excluding carboxylic acids is 2. The summed E-state index contributed by atoms with van der Waals surface area (Å²) in [4.78, 5) is 25.4. The summed E-state index contributed by atoms with van der Waals surface area (Å²) >= 11 is 0. The van der Waals surface area contributed by atoms with E-state index in [4.69, 9.17) is 19.9 Å². The zero-order valence-corrected chi connectivity index (χ0v) is 19.9. The van der Waals surface area contributed by atoms with Gasteiger partial charge in [-0.1, -0.05) is 38.1 Å². The van der Waals surface area contributed by atoms with Crippen LogP contribution in [0.15, 0.2) is 71.3 Å². The molecule has 0 saturated heterocycles. The number of rotatable bonds is 6. The molecule has 1 heterocycles. The standard InChI is InChI=1S/C27H27N3O5/c1-27(2)12-19(31)25-22(13-27)35-26(29)18(14-28)24(25)16-9-10-20(21(11-16)33-3)34-15-23(32)30-17-7-5-4-6-8-17/h4-11,24H,12-13,15,29H2,1-3H3,(H,30,32). The summed E-state index contributed by atoms with van der Waals surface area (Å²) in [6.07, 6.45) is 0.887. The maximum Gasteiger partial charge on any atom is 0.262 e. The molecule has 1 aliphatic heterocycles. The van der Waals surface area contributed by atoms with Crippen molar-refractivity contribution < 1.29 is 23.8 Å². The first-order chi connectivity index (χ1) is 16.7. The first kappa shape index (κ1) is 23.9. The molecule has 3 N–H and O–H groups in total. The molecule has 0 fully saturated rings. The van der Waals surface area contributed by atoms with E-state index in [2.05, 4.69) is 11.4 Å². The first-order valence-electron chi connectivity index (χ1n) is 11.2. The lowest BCUT2D eigenvalue weighted by Gasteiger charge is -2.37. The summed E-state index contributed by atoms with van der Waals surface area (Å²) in [5.41, 5.74) is 7.77. The van der Waals surface area contributed by atoms with Crippen LogP contribution in [0.4, 0.5) is 5.69 Å². The average Bonchev–Trinajstić information content (AvgIpc) is 2.81. The van der Waals surface area contributed by atoms with Gasteiger partial charge in [0, 0.05) is 24.1 Å². The van der Waals surface area contributed by atoms with Gasteiger partial charge < -0.3 is 25.3 Å². The Morgan fingerprint density at radius 2 is 1.94 bits per heavy atom. The molecule has 180 valence electrons. The zero-order chi connectivity index (χ0) is 25.2. The Kier molecular flexibility index (Phi) is 6.52. The molecule has 0 saturated carbocycles. The number of amides is 1. The second kappa shape index (κ2) is 9.55. The highest BCUT2D eigenvalue weighted by atomic mass is 16.5. The topological polar surface area (TPSA) is 124 Å². The summed E-state index contributed by atoms with van der Waals surface area (Å²) in [6.45, 7) is 3.77. The quantitative estimate of drug-likeness (QED) is 0.645. The third kappa shape index (κ3) is 4.99. The van der Waals surface area contributed by atoms with E-state index in [1.54, 1.807) is 30.3 Å². The number of nitriles is 1. The molecule has 1 amide bonds. The van der Waals surface area contributed by atoms with Crippen molar-refractivity contribution in [2.24, 2.45) is 11.1 Å². The Morgan fingerprint density at radius 1 is 1.20 bits per heavy atom. The van der Waals surface area contributed by atoms with E-state index in [1.807, 2.05) is 32.0 Å². The molecular formula is C27H27N3O5. The summed E-state index contributed by atoms with van der Waals surface area (Å²) in [7, 11) is 1.48. The highest BCUT2D eigenvalue weighted by Crippen LogP contribution is 2.48. The minimum atomic E-state index is -0.670. The van der Waals surface area contributed by atoms with Crippen molar-refractivity contribution in [2.75, 3.05) is 19.0 Å².